The fourth-order valence-corrected chi connectivity index (χ4v) is 2.16. The molecular weight excluding hydrogens is 320 g/mol. The summed E-state index contributed by atoms with van der Waals surface area (Å²) in [4.78, 5) is 22.4. The van der Waals surface area contributed by atoms with Crippen LogP contribution in [0, 0.1) is 0 Å². The molecule has 0 aliphatic heterocycles. The molecule has 2 rings (SSSR count). The molecule has 0 saturated heterocycles. The molecule has 1 aromatic heterocycles. The number of aromatic nitrogens is 2. The molecule has 8 nitrogen and oxygen atoms in total. The summed E-state index contributed by atoms with van der Waals surface area (Å²) in [5.41, 5.74) is 0.752. The van der Waals surface area contributed by atoms with E-state index in [4.69, 9.17) is 9.15 Å². The molecule has 0 unspecified atom stereocenters. The van der Waals surface area contributed by atoms with Crippen molar-refractivity contribution in [3.63, 3.8) is 0 Å². The Labute approximate surface area is 137 Å². The topological polar surface area (TPSA) is 106 Å². The van der Waals surface area contributed by atoms with Gasteiger partial charge in [-0.05, 0) is 31.2 Å². The van der Waals surface area contributed by atoms with E-state index < -0.39 is 11.9 Å². The van der Waals surface area contributed by atoms with Gasteiger partial charge in [0.2, 0.25) is 11.8 Å². The van der Waals surface area contributed by atoms with E-state index in [0.29, 0.717) is 12.5 Å². The lowest BCUT2D eigenvalue weighted by Crippen LogP contribution is -2.38. The van der Waals surface area contributed by atoms with Gasteiger partial charge in [0, 0.05) is 12.6 Å². The standard InChI is InChI=1S/C14H16N4O4S/c1-3-21-10-6-4-9(5-7-10)12-17-18-14(22-12)23-8-11(19)16-13(20)15-2/h4-7H,3,8H2,1-2H3,(H2,15,16,19,20). The van der Waals surface area contributed by atoms with Crippen molar-refractivity contribution in [1.82, 2.24) is 20.8 Å². The maximum atomic E-state index is 11.5. The smallest absolute Gasteiger partial charge is 0.321 e. The molecular formula is C14H16N4O4S. The highest BCUT2D eigenvalue weighted by atomic mass is 32.2. The van der Waals surface area contributed by atoms with Crippen molar-refractivity contribution in [2.24, 2.45) is 0 Å². The summed E-state index contributed by atoms with van der Waals surface area (Å²) in [6.45, 7) is 2.51. The summed E-state index contributed by atoms with van der Waals surface area (Å²) in [5.74, 6) is 0.659. The number of hydrogen-bond acceptors (Lipinski definition) is 7. The van der Waals surface area contributed by atoms with Gasteiger partial charge in [-0.3, -0.25) is 10.1 Å². The van der Waals surface area contributed by atoms with Crippen LogP contribution < -0.4 is 15.4 Å². The van der Waals surface area contributed by atoms with Gasteiger partial charge >= 0.3 is 6.03 Å². The predicted molar refractivity (Wildman–Crippen MR) is 84.2 cm³/mol. The van der Waals surface area contributed by atoms with E-state index >= 15 is 0 Å². The monoisotopic (exact) mass is 336 g/mol. The minimum absolute atomic E-state index is 0.00166. The van der Waals surface area contributed by atoms with Crippen LogP contribution in [0.2, 0.25) is 0 Å². The summed E-state index contributed by atoms with van der Waals surface area (Å²) < 4.78 is 10.8. The van der Waals surface area contributed by atoms with Gasteiger partial charge in [0.15, 0.2) is 0 Å². The average Bonchev–Trinajstić information content (AvgIpc) is 3.03. The summed E-state index contributed by atoms with van der Waals surface area (Å²) in [7, 11) is 1.43. The van der Waals surface area contributed by atoms with Crippen molar-refractivity contribution in [3.8, 4) is 17.2 Å². The average molecular weight is 336 g/mol. The van der Waals surface area contributed by atoms with Gasteiger partial charge in [0.1, 0.15) is 5.75 Å². The van der Waals surface area contributed by atoms with Crippen molar-refractivity contribution in [2.45, 2.75) is 12.1 Å². The lowest BCUT2D eigenvalue weighted by atomic mass is 10.2. The Bertz CT molecular complexity index is 672. The number of thioether (sulfide) groups is 1. The van der Waals surface area contributed by atoms with Crippen LogP contribution in [0.15, 0.2) is 33.9 Å². The van der Waals surface area contributed by atoms with Gasteiger partial charge in [-0.1, -0.05) is 11.8 Å². The molecule has 0 atom stereocenters. The van der Waals surface area contributed by atoms with Gasteiger partial charge in [-0.2, -0.15) is 0 Å². The van der Waals surface area contributed by atoms with E-state index in [1.165, 1.54) is 7.05 Å². The van der Waals surface area contributed by atoms with Crippen LogP contribution in [-0.4, -0.2) is 41.5 Å². The molecule has 0 spiro atoms. The first-order valence-corrected chi connectivity index (χ1v) is 7.82. The first-order chi connectivity index (χ1) is 11.1. The van der Waals surface area contributed by atoms with E-state index in [0.717, 1.165) is 23.1 Å². The molecule has 9 heteroatoms. The van der Waals surface area contributed by atoms with Gasteiger partial charge in [0.05, 0.1) is 12.4 Å². The molecule has 2 N–H and O–H groups in total. The lowest BCUT2D eigenvalue weighted by molar-refractivity contribution is -0.117. The number of urea groups is 1. The molecule has 3 amide bonds. The Morgan fingerprint density at radius 1 is 1.26 bits per heavy atom. The molecule has 122 valence electrons. The molecule has 0 bridgehead atoms. The number of ether oxygens (including phenoxy) is 1. The Morgan fingerprint density at radius 2 is 2.00 bits per heavy atom. The number of carbonyl (C=O) groups excluding carboxylic acids is 2. The van der Waals surface area contributed by atoms with E-state index in [2.05, 4.69) is 20.8 Å². The van der Waals surface area contributed by atoms with Gasteiger partial charge in [0.25, 0.3) is 5.22 Å². The third-order valence-electron chi connectivity index (χ3n) is 2.63. The predicted octanol–water partition coefficient (Wildman–Crippen LogP) is 1.68. The third kappa shape index (κ3) is 4.99. The highest BCUT2D eigenvalue weighted by Crippen LogP contribution is 2.24. The van der Waals surface area contributed by atoms with Crippen molar-refractivity contribution >= 4 is 23.7 Å². The number of rotatable bonds is 6. The lowest BCUT2D eigenvalue weighted by Gasteiger charge is -2.02. The second kappa shape index (κ2) is 8.18. The summed E-state index contributed by atoms with van der Waals surface area (Å²) in [6, 6.07) is 6.69. The normalized spacial score (nSPS) is 10.2. The van der Waals surface area contributed by atoms with Crippen molar-refractivity contribution < 1.29 is 18.7 Å². The Kier molecular flexibility index (Phi) is 5.98. The number of hydrogen-bond donors (Lipinski definition) is 2. The maximum absolute atomic E-state index is 11.5. The number of nitrogens with one attached hydrogen (secondary N) is 2. The molecule has 0 radical (unpaired) electrons. The number of benzene rings is 1. The molecule has 0 aliphatic carbocycles. The molecule has 1 heterocycles. The van der Waals surface area contributed by atoms with Crippen LogP contribution in [0.4, 0.5) is 4.79 Å². The van der Waals surface area contributed by atoms with Crippen molar-refractivity contribution in [1.29, 1.82) is 0 Å². The zero-order valence-electron chi connectivity index (χ0n) is 12.7. The SMILES string of the molecule is CCOc1ccc(-c2nnc(SCC(=O)NC(=O)NC)o2)cc1. The van der Waals surface area contributed by atoms with Crippen molar-refractivity contribution in [2.75, 3.05) is 19.4 Å². The van der Waals surface area contributed by atoms with Gasteiger partial charge in [-0.15, -0.1) is 10.2 Å². The van der Waals surface area contributed by atoms with E-state index in [1.54, 1.807) is 0 Å². The first-order valence-electron chi connectivity index (χ1n) is 6.83. The van der Waals surface area contributed by atoms with Crippen molar-refractivity contribution in [3.05, 3.63) is 24.3 Å². The van der Waals surface area contributed by atoms with Crippen LogP contribution in [0.3, 0.4) is 0 Å². The number of imide groups is 1. The fourth-order valence-electron chi connectivity index (χ4n) is 1.60. The number of nitrogens with zero attached hydrogens (tertiary/aromatic N) is 2. The third-order valence-corrected chi connectivity index (χ3v) is 3.44. The minimum atomic E-state index is -0.559. The van der Waals surface area contributed by atoms with Crippen LogP contribution in [0.1, 0.15) is 6.92 Å². The summed E-state index contributed by atoms with van der Waals surface area (Å²) in [5, 5.41) is 12.5. The Morgan fingerprint density at radius 3 is 2.65 bits per heavy atom. The minimum Gasteiger partial charge on any atom is -0.494 e. The highest BCUT2D eigenvalue weighted by molar-refractivity contribution is 7.99. The molecule has 23 heavy (non-hydrogen) atoms. The van der Waals surface area contributed by atoms with Crippen LogP contribution >= 0.6 is 11.8 Å². The molecule has 0 fully saturated rings. The molecule has 0 aliphatic rings. The summed E-state index contributed by atoms with van der Waals surface area (Å²) in [6.07, 6.45) is 0. The first kappa shape index (κ1) is 16.8. The number of amides is 3. The molecule has 0 saturated carbocycles. The largest absolute Gasteiger partial charge is 0.494 e. The Hall–Kier alpha value is -2.55. The quantitative estimate of drug-likeness (QED) is 0.773. The second-order valence-electron chi connectivity index (χ2n) is 4.25. The van der Waals surface area contributed by atoms with Gasteiger partial charge in [-0.25, -0.2) is 4.79 Å². The van der Waals surface area contributed by atoms with E-state index in [9.17, 15) is 9.59 Å². The van der Waals surface area contributed by atoms with E-state index in [1.807, 2.05) is 31.2 Å². The van der Waals surface area contributed by atoms with Crippen LogP contribution in [0.25, 0.3) is 11.5 Å². The molecule has 1 aromatic carbocycles. The Balaban J connectivity index is 1.92. The van der Waals surface area contributed by atoms with Gasteiger partial charge < -0.3 is 14.5 Å². The molecule has 2 aromatic rings. The van der Waals surface area contributed by atoms with E-state index in [-0.39, 0.29) is 11.0 Å². The zero-order chi connectivity index (χ0) is 16.7. The zero-order valence-corrected chi connectivity index (χ0v) is 13.5. The second-order valence-corrected chi connectivity index (χ2v) is 5.17. The number of carbonyl (C=O) groups is 2. The van der Waals surface area contributed by atoms with Crippen LogP contribution in [0.5, 0.6) is 5.75 Å². The maximum Gasteiger partial charge on any atom is 0.321 e. The summed E-state index contributed by atoms with van der Waals surface area (Å²) >= 11 is 1.05. The van der Waals surface area contributed by atoms with Crippen LogP contribution in [-0.2, 0) is 4.79 Å². The highest BCUT2D eigenvalue weighted by Gasteiger charge is 2.12. The fraction of sp³-hybridized carbons (Fsp3) is 0.286.